The summed E-state index contributed by atoms with van der Waals surface area (Å²) >= 11 is 0. The van der Waals surface area contributed by atoms with E-state index in [9.17, 15) is 14.4 Å². The smallest absolute Gasteiger partial charge is 0.329 e. The van der Waals surface area contributed by atoms with Crippen molar-refractivity contribution in [3.05, 3.63) is 86.6 Å². The topological polar surface area (TPSA) is 99.8 Å². The van der Waals surface area contributed by atoms with E-state index in [0.717, 1.165) is 16.8 Å². The molecule has 4 aromatic rings. The van der Waals surface area contributed by atoms with Crippen LogP contribution in [0.15, 0.2) is 64.2 Å². The van der Waals surface area contributed by atoms with Crippen LogP contribution in [0.25, 0.3) is 22.3 Å². The number of para-hydroxylation sites is 1. The van der Waals surface area contributed by atoms with E-state index in [1.54, 1.807) is 7.05 Å². The zero-order chi connectivity index (χ0) is 19.4. The molecule has 1 amide bonds. The van der Waals surface area contributed by atoms with E-state index in [1.807, 2.05) is 54.6 Å². The van der Waals surface area contributed by atoms with Crippen LogP contribution in [0.4, 0.5) is 5.69 Å². The van der Waals surface area contributed by atoms with Gasteiger partial charge < -0.3 is 10.3 Å². The second kappa shape index (κ2) is 5.82. The van der Waals surface area contributed by atoms with Gasteiger partial charge in [-0.1, -0.05) is 48.5 Å². The van der Waals surface area contributed by atoms with Gasteiger partial charge in [0.1, 0.15) is 5.65 Å². The van der Waals surface area contributed by atoms with E-state index in [-0.39, 0.29) is 5.91 Å². The number of nitrogens with zero attached hydrogens (tertiary/aromatic N) is 1. The number of aromatic nitrogens is 3. The molecule has 2 aromatic heterocycles. The number of hydrogen-bond donors (Lipinski definition) is 3. The number of H-pyrrole nitrogens is 2. The fourth-order valence-electron chi connectivity index (χ4n) is 3.94. The van der Waals surface area contributed by atoms with Crippen LogP contribution in [-0.4, -0.2) is 20.4 Å². The molecule has 1 aliphatic heterocycles. The van der Waals surface area contributed by atoms with Crippen LogP contribution in [0, 0.1) is 0 Å². The van der Waals surface area contributed by atoms with Gasteiger partial charge in [0.15, 0.2) is 0 Å². The molecule has 3 N–H and O–H groups in total. The number of benzene rings is 2. The first-order valence-corrected chi connectivity index (χ1v) is 8.86. The second-order valence-electron chi connectivity index (χ2n) is 6.83. The Hall–Kier alpha value is -3.87. The molecule has 2 aromatic carbocycles. The predicted molar refractivity (Wildman–Crippen MR) is 107 cm³/mol. The molecule has 0 unspecified atom stereocenters. The van der Waals surface area contributed by atoms with Crippen LogP contribution < -0.4 is 16.6 Å². The van der Waals surface area contributed by atoms with Gasteiger partial charge in [0, 0.05) is 18.3 Å². The third kappa shape index (κ3) is 2.19. The third-order valence-electron chi connectivity index (χ3n) is 5.25. The summed E-state index contributed by atoms with van der Waals surface area (Å²) in [5.74, 6) is -0.855. The highest BCUT2D eigenvalue weighted by Gasteiger charge is 2.36. The minimum absolute atomic E-state index is 0.201. The lowest BCUT2D eigenvalue weighted by Gasteiger charge is -2.11. The molecule has 1 atom stereocenters. The van der Waals surface area contributed by atoms with Crippen molar-refractivity contribution in [2.24, 2.45) is 7.05 Å². The highest BCUT2D eigenvalue weighted by Crippen LogP contribution is 2.43. The number of hydrogen-bond acceptors (Lipinski definition) is 3. The maximum absolute atomic E-state index is 12.9. The molecule has 7 heteroatoms. The minimum atomic E-state index is -0.654. The van der Waals surface area contributed by atoms with Gasteiger partial charge >= 0.3 is 5.69 Å². The summed E-state index contributed by atoms with van der Waals surface area (Å²) < 4.78 is 1.35. The minimum Gasteiger partial charge on any atom is -0.340 e. The number of fused-ring (bicyclic) bond motifs is 2. The molecule has 0 bridgehead atoms. The van der Waals surface area contributed by atoms with Crippen molar-refractivity contribution in [1.82, 2.24) is 14.5 Å². The molecule has 0 radical (unpaired) electrons. The van der Waals surface area contributed by atoms with Crippen LogP contribution in [0.1, 0.15) is 17.0 Å². The molecule has 0 spiro atoms. The van der Waals surface area contributed by atoms with Gasteiger partial charge in [-0.2, -0.15) is 0 Å². The summed E-state index contributed by atoms with van der Waals surface area (Å²) in [5, 5.41) is 3.21. The molecule has 0 saturated heterocycles. The quantitative estimate of drug-likeness (QED) is 0.503. The molecular formula is C21H16N4O3. The summed E-state index contributed by atoms with van der Waals surface area (Å²) in [5.41, 5.74) is 2.95. The van der Waals surface area contributed by atoms with E-state index < -0.39 is 17.2 Å². The maximum Gasteiger partial charge on any atom is 0.329 e. The highest BCUT2D eigenvalue weighted by atomic mass is 16.2. The van der Waals surface area contributed by atoms with Crippen molar-refractivity contribution < 1.29 is 4.79 Å². The predicted octanol–water partition coefficient (Wildman–Crippen LogP) is 2.31. The molecule has 7 nitrogen and oxygen atoms in total. The van der Waals surface area contributed by atoms with Gasteiger partial charge in [-0.05, 0) is 17.2 Å². The zero-order valence-electron chi connectivity index (χ0n) is 14.9. The van der Waals surface area contributed by atoms with Crippen LogP contribution >= 0.6 is 0 Å². The number of carbonyl (C=O) groups is 1. The number of carbonyl (C=O) groups excluding carboxylic acids is 1. The molecular weight excluding hydrogens is 356 g/mol. The van der Waals surface area contributed by atoms with Crippen molar-refractivity contribution in [3.63, 3.8) is 0 Å². The number of rotatable bonds is 2. The lowest BCUT2D eigenvalue weighted by Crippen LogP contribution is -2.28. The lowest BCUT2D eigenvalue weighted by atomic mass is 9.89. The van der Waals surface area contributed by atoms with Crippen LogP contribution in [0.5, 0.6) is 0 Å². The lowest BCUT2D eigenvalue weighted by molar-refractivity contribution is -0.116. The molecule has 0 aliphatic carbocycles. The van der Waals surface area contributed by atoms with Crippen LogP contribution in [0.3, 0.4) is 0 Å². The number of aryl methyl sites for hydroxylation is 1. The molecule has 3 heterocycles. The third-order valence-corrected chi connectivity index (χ3v) is 5.25. The van der Waals surface area contributed by atoms with Crippen molar-refractivity contribution in [2.45, 2.75) is 5.92 Å². The summed E-state index contributed by atoms with van der Waals surface area (Å²) in [6.07, 6.45) is 0. The van der Waals surface area contributed by atoms with Gasteiger partial charge in [-0.25, -0.2) is 4.79 Å². The fourth-order valence-corrected chi connectivity index (χ4v) is 3.94. The number of aromatic amines is 2. The number of anilines is 1. The van der Waals surface area contributed by atoms with Gasteiger partial charge in [0.05, 0.1) is 17.0 Å². The standard InChI is InChI=1S/C21H16N4O3/c1-25-18-16(20(27)24-21(25)28)15(17(23-18)11-7-3-2-4-8-11)14-12-9-5-6-10-13(12)22-19(14)26/h2-10,14,23H,1H3,(H,22,26)(H,24,27,28)/t14-/m0/s1. The first-order chi connectivity index (χ1) is 13.6. The molecule has 0 fully saturated rings. The molecule has 28 heavy (non-hydrogen) atoms. The Labute approximate surface area is 158 Å². The Bertz CT molecular complexity index is 1360. The average molecular weight is 372 g/mol. The van der Waals surface area contributed by atoms with Gasteiger partial charge in [-0.15, -0.1) is 0 Å². The maximum atomic E-state index is 12.9. The van der Waals surface area contributed by atoms with Crippen LogP contribution in [0.2, 0.25) is 0 Å². The van der Waals surface area contributed by atoms with E-state index in [0.29, 0.717) is 22.3 Å². The van der Waals surface area contributed by atoms with Crippen molar-refractivity contribution in [2.75, 3.05) is 5.32 Å². The summed E-state index contributed by atoms with van der Waals surface area (Å²) in [6, 6.07) is 16.9. The zero-order valence-corrected chi connectivity index (χ0v) is 14.9. The van der Waals surface area contributed by atoms with E-state index >= 15 is 0 Å². The summed E-state index contributed by atoms with van der Waals surface area (Å²) in [6.45, 7) is 0. The molecule has 1 aliphatic rings. The average Bonchev–Trinajstić information content (AvgIpc) is 3.24. The highest BCUT2D eigenvalue weighted by molar-refractivity contribution is 6.08. The van der Waals surface area contributed by atoms with Crippen molar-refractivity contribution in [1.29, 1.82) is 0 Å². The normalized spacial score (nSPS) is 15.6. The Balaban J connectivity index is 1.93. The Morgan fingerprint density at radius 3 is 2.39 bits per heavy atom. The van der Waals surface area contributed by atoms with E-state index in [2.05, 4.69) is 15.3 Å². The summed E-state index contributed by atoms with van der Waals surface area (Å²) in [7, 11) is 1.58. The fraction of sp³-hybridized carbons (Fsp3) is 0.0952. The van der Waals surface area contributed by atoms with Gasteiger partial charge in [0.2, 0.25) is 5.91 Å². The van der Waals surface area contributed by atoms with Gasteiger partial charge in [0.25, 0.3) is 5.56 Å². The van der Waals surface area contributed by atoms with Crippen molar-refractivity contribution in [3.8, 4) is 11.3 Å². The van der Waals surface area contributed by atoms with Crippen molar-refractivity contribution >= 4 is 22.6 Å². The number of amides is 1. The molecule has 5 rings (SSSR count). The van der Waals surface area contributed by atoms with Crippen LogP contribution in [-0.2, 0) is 11.8 Å². The SMILES string of the molecule is Cn1c(=O)[nH]c(=O)c2c([C@H]3C(=O)Nc4ccccc43)c(-c3ccccc3)[nH]c21. The van der Waals surface area contributed by atoms with Gasteiger partial charge in [-0.3, -0.25) is 19.1 Å². The Morgan fingerprint density at radius 1 is 0.893 bits per heavy atom. The molecule has 0 saturated carbocycles. The van der Waals surface area contributed by atoms with E-state index in [1.165, 1.54) is 4.57 Å². The Kier molecular flexibility index (Phi) is 3.39. The summed E-state index contributed by atoms with van der Waals surface area (Å²) in [4.78, 5) is 43.4. The molecule has 138 valence electrons. The first kappa shape index (κ1) is 16.3. The first-order valence-electron chi connectivity index (χ1n) is 8.86. The monoisotopic (exact) mass is 372 g/mol. The Morgan fingerprint density at radius 2 is 1.61 bits per heavy atom. The number of nitrogens with one attached hydrogen (secondary N) is 3. The van der Waals surface area contributed by atoms with E-state index in [4.69, 9.17) is 0 Å². The second-order valence-corrected chi connectivity index (χ2v) is 6.83. The largest absolute Gasteiger partial charge is 0.340 e.